The second-order valence-electron chi connectivity index (χ2n) is 9.22. The molecule has 1 aromatic carbocycles. The normalized spacial score (nSPS) is 25.1. The predicted molar refractivity (Wildman–Crippen MR) is 124 cm³/mol. The lowest BCUT2D eigenvalue weighted by molar-refractivity contribution is -0.133. The fourth-order valence-electron chi connectivity index (χ4n) is 5.29. The Labute approximate surface area is 194 Å². The molecule has 3 saturated heterocycles. The molecule has 0 spiro atoms. The number of likely N-dealkylation sites (tertiary alicyclic amines) is 1. The van der Waals surface area contributed by atoms with Gasteiger partial charge in [0.25, 0.3) is 0 Å². The lowest BCUT2D eigenvalue weighted by atomic mass is 9.84. The molecule has 0 radical (unpaired) electrons. The lowest BCUT2D eigenvalue weighted by Crippen LogP contribution is -2.49. The molecular formula is C24H34FN3O3S. The number of halogens is 1. The quantitative estimate of drug-likeness (QED) is 0.674. The van der Waals surface area contributed by atoms with Crippen LogP contribution >= 0.6 is 11.8 Å². The van der Waals surface area contributed by atoms with Crippen LogP contribution in [0.2, 0.25) is 0 Å². The summed E-state index contributed by atoms with van der Waals surface area (Å²) in [4.78, 5) is 29.6. The van der Waals surface area contributed by atoms with Crippen LogP contribution in [0.15, 0.2) is 18.2 Å². The van der Waals surface area contributed by atoms with Gasteiger partial charge in [-0.3, -0.25) is 14.5 Å². The fraction of sp³-hybridized carbons (Fsp3) is 0.667. The summed E-state index contributed by atoms with van der Waals surface area (Å²) in [6.45, 7) is 3.92. The van der Waals surface area contributed by atoms with Crippen LogP contribution in [-0.2, 0) is 16.0 Å². The number of hydrogen-bond acceptors (Lipinski definition) is 5. The molecule has 32 heavy (non-hydrogen) atoms. The van der Waals surface area contributed by atoms with Gasteiger partial charge in [-0.15, -0.1) is 0 Å². The third-order valence-corrected chi connectivity index (χ3v) is 8.16. The highest BCUT2D eigenvalue weighted by Crippen LogP contribution is 2.32. The highest BCUT2D eigenvalue weighted by molar-refractivity contribution is 7.99. The van der Waals surface area contributed by atoms with Crippen molar-refractivity contribution in [2.75, 3.05) is 44.8 Å². The number of piperidine rings is 1. The van der Waals surface area contributed by atoms with E-state index in [1.54, 1.807) is 19.2 Å². The molecule has 2 amide bonds. The van der Waals surface area contributed by atoms with E-state index in [0.717, 1.165) is 39.0 Å². The third-order valence-electron chi connectivity index (χ3n) is 7.21. The van der Waals surface area contributed by atoms with Crippen LogP contribution in [0.5, 0.6) is 5.75 Å². The second-order valence-corrected chi connectivity index (χ2v) is 10.4. The largest absolute Gasteiger partial charge is 0.497 e. The minimum absolute atomic E-state index is 0.0266. The molecule has 3 heterocycles. The van der Waals surface area contributed by atoms with Crippen LogP contribution in [0.25, 0.3) is 0 Å². The van der Waals surface area contributed by atoms with Gasteiger partial charge in [0, 0.05) is 62.1 Å². The van der Waals surface area contributed by atoms with E-state index in [1.807, 2.05) is 16.7 Å². The summed E-state index contributed by atoms with van der Waals surface area (Å²) in [6, 6.07) is 5.27. The first-order chi connectivity index (χ1) is 15.5. The summed E-state index contributed by atoms with van der Waals surface area (Å²) in [5, 5.41) is 3.06. The van der Waals surface area contributed by atoms with Crippen LogP contribution in [0.3, 0.4) is 0 Å². The number of carbonyl (C=O) groups is 2. The molecule has 0 saturated carbocycles. The van der Waals surface area contributed by atoms with E-state index in [2.05, 4.69) is 10.2 Å². The Kier molecular flexibility index (Phi) is 7.61. The SMILES string of the molecule is COc1ccc(F)c(CC2(CCC(=O)N3CCC(N4CCSCC4)CC3)CCC(=O)N2)c1. The van der Waals surface area contributed by atoms with Gasteiger partial charge in [0.05, 0.1) is 7.11 Å². The molecule has 3 aliphatic heterocycles. The molecule has 176 valence electrons. The maximum atomic E-state index is 14.5. The Morgan fingerprint density at radius 1 is 1.25 bits per heavy atom. The highest BCUT2D eigenvalue weighted by atomic mass is 32.2. The minimum atomic E-state index is -0.580. The van der Waals surface area contributed by atoms with Crippen molar-refractivity contribution in [1.29, 1.82) is 0 Å². The minimum Gasteiger partial charge on any atom is -0.497 e. The van der Waals surface area contributed by atoms with Crippen molar-refractivity contribution in [2.45, 2.75) is 56.5 Å². The van der Waals surface area contributed by atoms with Gasteiger partial charge in [-0.2, -0.15) is 11.8 Å². The summed E-state index contributed by atoms with van der Waals surface area (Å²) in [7, 11) is 1.55. The van der Waals surface area contributed by atoms with Crippen molar-refractivity contribution in [3.63, 3.8) is 0 Å². The molecule has 8 heteroatoms. The molecule has 1 N–H and O–H groups in total. The third kappa shape index (κ3) is 5.57. The number of thioether (sulfide) groups is 1. The molecule has 0 bridgehead atoms. The first-order valence-electron chi connectivity index (χ1n) is 11.7. The van der Waals surface area contributed by atoms with Crippen molar-refractivity contribution in [3.8, 4) is 5.75 Å². The zero-order valence-electron chi connectivity index (χ0n) is 18.9. The number of nitrogens with one attached hydrogen (secondary N) is 1. The average Bonchev–Trinajstić information content (AvgIpc) is 3.20. The van der Waals surface area contributed by atoms with Gasteiger partial charge in [0.1, 0.15) is 11.6 Å². The molecule has 0 aromatic heterocycles. The number of amides is 2. The van der Waals surface area contributed by atoms with Gasteiger partial charge >= 0.3 is 0 Å². The molecule has 1 aromatic rings. The van der Waals surface area contributed by atoms with Crippen molar-refractivity contribution in [3.05, 3.63) is 29.6 Å². The summed E-state index contributed by atoms with van der Waals surface area (Å²) in [5.74, 6) is 2.82. The van der Waals surface area contributed by atoms with E-state index < -0.39 is 5.54 Å². The standard InChI is InChI=1S/C24H34FN3O3S/c1-31-20-2-3-21(25)18(16-20)17-24(8-4-22(29)26-24)9-5-23(30)28-10-6-19(7-11-28)27-12-14-32-15-13-27/h2-3,16,19H,4-15,17H2,1H3,(H,26,29). The summed E-state index contributed by atoms with van der Waals surface area (Å²) < 4.78 is 19.7. The number of nitrogens with zero attached hydrogens (tertiary/aromatic N) is 2. The van der Waals surface area contributed by atoms with E-state index in [4.69, 9.17) is 4.74 Å². The van der Waals surface area contributed by atoms with Crippen molar-refractivity contribution < 1.29 is 18.7 Å². The Morgan fingerprint density at radius 2 is 2.00 bits per heavy atom. The summed E-state index contributed by atoms with van der Waals surface area (Å²) >= 11 is 2.02. The molecule has 1 unspecified atom stereocenters. The fourth-order valence-corrected chi connectivity index (χ4v) is 6.22. The number of hydrogen-bond donors (Lipinski definition) is 1. The molecule has 3 fully saturated rings. The molecule has 3 aliphatic rings. The molecular weight excluding hydrogens is 429 g/mol. The first kappa shape index (κ1) is 23.4. The van der Waals surface area contributed by atoms with Crippen molar-refractivity contribution >= 4 is 23.6 Å². The van der Waals surface area contributed by atoms with E-state index in [9.17, 15) is 14.0 Å². The first-order valence-corrected chi connectivity index (χ1v) is 12.9. The Bertz CT molecular complexity index is 825. The second kappa shape index (κ2) is 10.4. The average molecular weight is 464 g/mol. The van der Waals surface area contributed by atoms with Crippen LogP contribution in [-0.4, -0.2) is 78.0 Å². The molecule has 4 rings (SSSR count). The number of ether oxygens (including phenoxy) is 1. The highest BCUT2D eigenvalue weighted by Gasteiger charge is 2.39. The number of carbonyl (C=O) groups excluding carboxylic acids is 2. The van der Waals surface area contributed by atoms with E-state index in [1.165, 1.54) is 17.6 Å². The number of methoxy groups -OCH3 is 1. The summed E-state index contributed by atoms with van der Waals surface area (Å²) in [6.07, 6.45) is 4.36. The molecule has 6 nitrogen and oxygen atoms in total. The Balaban J connectivity index is 1.34. The van der Waals surface area contributed by atoms with Gasteiger partial charge < -0.3 is 15.0 Å². The Morgan fingerprint density at radius 3 is 2.66 bits per heavy atom. The molecule has 0 aliphatic carbocycles. The zero-order chi connectivity index (χ0) is 22.6. The zero-order valence-corrected chi connectivity index (χ0v) is 19.7. The van der Waals surface area contributed by atoms with Crippen LogP contribution in [0.4, 0.5) is 4.39 Å². The van der Waals surface area contributed by atoms with E-state index >= 15 is 0 Å². The maximum Gasteiger partial charge on any atom is 0.222 e. The van der Waals surface area contributed by atoms with Gasteiger partial charge in [0.15, 0.2) is 0 Å². The maximum absolute atomic E-state index is 14.5. The van der Waals surface area contributed by atoms with Crippen molar-refractivity contribution in [1.82, 2.24) is 15.1 Å². The van der Waals surface area contributed by atoms with Gasteiger partial charge in [-0.05, 0) is 55.9 Å². The molecule has 1 atom stereocenters. The van der Waals surface area contributed by atoms with Gasteiger partial charge in [-0.25, -0.2) is 4.39 Å². The van der Waals surface area contributed by atoms with E-state index in [-0.39, 0.29) is 17.6 Å². The number of benzene rings is 1. The summed E-state index contributed by atoms with van der Waals surface area (Å²) in [5.41, 5.74) is -0.0662. The smallest absolute Gasteiger partial charge is 0.222 e. The van der Waals surface area contributed by atoms with Crippen LogP contribution in [0.1, 0.15) is 44.1 Å². The van der Waals surface area contributed by atoms with Crippen LogP contribution < -0.4 is 10.1 Å². The van der Waals surface area contributed by atoms with E-state index in [0.29, 0.717) is 49.5 Å². The monoisotopic (exact) mass is 463 g/mol. The predicted octanol–water partition coefficient (Wildman–Crippen LogP) is 2.85. The lowest BCUT2D eigenvalue weighted by Gasteiger charge is -2.40. The van der Waals surface area contributed by atoms with Crippen LogP contribution in [0, 0.1) is 5.82 Å². The van der Waals surface area contributed by atoms with Gasteiger partial charge in [-0.1, -0.05) is 0 Å². The number of rotatable bonds is 7. The van der Waals surface area contributed by atoms with Crippen molar-refractivity contribution in [2.24, 2.45) is 0 Å². The topological polar surface area (TPSA) is 61.9 Å². The Hall–Kier alpha value is -1.80. The van der Waals surface area contributed by atoms with Gasteiger partial charge in [0.2, 0.25) is 11.8 Å².